The van der Waals surface area contributed by atoms with Gasteiger partial charge in [0.25, 0.3) is 5.91 Å². The zero-order valence-electron chi connectivity index (χ0n) is 16.0. The third kappa shape index (κ3) is 3.75. The van der Waals surface area contributed by atoms with Crippen molar-refractivity contribution in [2.24, 2.45) is 0 Å². The van der Waals surface area contributed by atoms with Gasteiger partial charge >= 0.3 is 0 Å². The first-order chi connectivity index (χ1) is 14.0. The van der Waals surface area contributed by atoms with E-state index in [0.717, 1.165) is 16.8 Å². The molecule has 0 spiro atoms. The lowest BCUT2D eigenvalue weighted by molar-refractivity contribution is 0.0935. The molecule has 7 nitrogen and oxygen atoms in total. The van der Waals surface area contributed by atoms with E-state index in [4.69, 9.17) is 0 Å². The molecule has 1 amide bonds. The van der Waals surface area contributed by atoms with Gasteiger partial charge in [0, 0.05) is 52.4 Å². The SMILES string of the molecule is Cc1nc(-c2ccncc2)ncc1[C@@H](C)NC(=O)c1cc(=O)c2ccccc2[nH]1. The number of fused-ring (bicyclic) bond motifs is 1. The Bertz CT molecular complexity index is 1250. The quantitative estimate of drug-likeness (QED) is 0.562. The summed E-state index contributed by atoms with van der Waals surface area (Å²) < 4.78 is 0. The van der Waals surface area contributed by atoms with E-state index in [1.807, 2.05) is 32.0 Å². The van der Waals surface area contributed by atoms with E-state index in [1.165, 1.54) is 6.07 Å². The van der Waals surface area contributed by atoms with Crippen LogP contribution in [0.25, 0.3) is 22.3 Å². The Labute approximate surface area is 166 Å². The molecule has 0 saturated heterocycles. The second-order valence-corrected chi connectivity index (χ2v) is 6.76. The molecule has 0 unspecified atom stereocenters. The molecular formula is C22H19N5O2. The fourth-order valence-electron chi connectivity index (χ4n) is 3.21. The van der Waals surface area contributed by atoms with E-state index < -0.39 is 0 Å². The maximum absolute atomic E-state index is 12.7. The molecule has 1 atom stereocenters. The average molecular weight is 385 g/mol. The summed E-state index contributed by atoms with van der Waals surface area (Å²) in [5.41, 5.74) is 3.09. The van der Waals surface area contributed by atoms with Gasteiger partial charge in [-0.15, -0.1) is 0 Å². The number of aromatic nitrogens is 4. The van der Waals surface area contributed by atoms with Crippen LogP contribution in [0.15, 0.2) is 65.8 Å². The lowest BCUT2D eigenvalue weighted by atomic mass is 10.1. The Morgan fingerprint density at radius 3 is 2.66 bits per heavy atom. The number of H-pyrrole nitrogens is 1. The Hall–Kier alpha value is -3.87. The van der Waals surface area contributed by atoms with Crippen molar-refractivity contribution in [3.63, 3.8) is 0 Å². The highest BCUT2D eigenvalue weighted by molar-refractivity contribution is 5.95. The van der Waals surface area contributed by atoms with E-state index in [-0.39, 0.29) is 23.1 Å². The number of carbonyl (C=O) groups excluding carboxylic acids is 1. The first-order valence-electron chi connectivity index (χ1n) is 9.20. The minimum Gasteiger partial charge on any atom is -0.350 e. The van der Waals surface area contributed by atoms with Crippen molar-refractivity contribution in [3.8, 4) is 11.4 Å². The highest BCUT2D eigenvalue weighted by Gasteiger charge is 2.17. The first-order valence-corrected chi connectivity index (χ1v) is 9.20. The van der Waals surface area contributed by atoms with E-state index in [2.05, 4.69) is 25.3 Å². The molecule has 0 fully saturated rings. The standard InChI is InChI=1S/C22H19N5O2/c1-13-17(12-24-21(25-13)15-7-9-23-10-8-15)14(2)26-22(29)19-11-20(28)16-5-3-4-6-18(16)27-19/h3-12,14H,1-2H3,(H,26,29)(H,27,28)/t14-/m1/s1. The predicted octanol–water partition coefficient (Wildman–Crippen LogP) is 3.18. The number of nitrogens with one attached hydrogen (secondary N) is 2. The minimum absolute atomic E-state index is 0.196. The summed E-state index contributed by atoms with van der Waals surface area (Å²) in [4.78, 5) is 40.9. The molecule has 144 valence electrons. The van der Waals surface area contributed by atoms with Crippen LogP contribution in [-0.4, -0.2) is 25.8 Å². The summed E-state index contributed by atoms with van der Waals surface area (Å²) in [6.07, 6.45) is 5.09. The molecule has 3 aromatic heterocycles. The number of hydrogen-bond donors (Lipinski definition) is 2. The van der Waals surface area contributed by atoms with Crippen molar-refractivity contribution < 1.29 is 4.79 Å². The molecule has 0 saturated carbocycles. The van der Waals surface area contributed by atoms with Crippen molar-refractivity contribution >= 4 is 16.8 Å². The van der Waals surface area contributed by atoms with Gasteiger partial charge in [-0.25, -0.2) is 9.97 Å². The highest BCUT2D eigenvalue weighted by Crippen LogP contribution is 2.20. The zero-order chi connectivity index (χ0) is 20.4. The molecule has 3 heterocycles. The molecule has 0 aliphatic rings. The molecule has 0 aliphatic carbocycles. The molecule has 2 N–H and O–H groups in total. The molecule has 4 rings (SSSR count). The van der Waals surface area contributed by atoms with Crippen LogP contribution in [0, 0.1) is 6.92 Å². The Morgan fingerprint density at radius 2 is 1.90 bits per heavy atom. The molecule has 0 aliphatic heterocycles. The molecule has 0 bridgehead atoms. The number of aromatic amines is 1. The molecule has 7 heteroatoms. The van der Waals surface area contributed by atoms with E-state index >= 15 is 0 Å². The summed E-state index contributed by atoms with van der Waals surface area (Å²) >= 11 is 0. The van der Waals surface area contributed by atoms with Crippen molar-refractivity contribution in [2.75, 3.05) is 0 Å². The second-order valence-electron chi connectivity index (χ2n) is 6.76. The summed E-state index contributed by atoms with van der Waals surface area (Å²) in [6.45, 7) is 3.73. The van der Waals surface area contributed by atoms with Crippen molar-refractivity contribution in [1.82, 2.24) is 25.3 Å². The largest absolute Gasteiger partial charge is 0.350 e. The number of hydrogen-bond acceptors (Lipinski definition) is 5. The summed E-state index contributed by atoms with van der Waals surface area (Å²) in [5.74, 6) is 0.240. The molecular weight excluding hydrogens is 366 g/mol. The number of rotatable bonds is 4. The van der Waals surface area contributed by atoms with Crippen LogP contribution >= 0.6 is 0 Å². The van der Waals surface area contributed by atoms with Gasteiger partial charge in [-0.1, -0.05) is 12.1 Å². The smallest absolute Gasteiger partial charge is 0.268 e. The van der Waals surface area contributed by atoms with Gasteiger partial charge in [0.05, 0.1) is 6.04 Å². The number of amides is 1. The third-order valence-corrected chi connectivity index (χ3v) is 4.75. The normalized spacial score (nSPS) is 11.9. The first kappa shape index (κ1) is 18.5. The van der Waals surface area contributed by atoms with Crippen LogP contribution in [0.1, 0.15) is 34.7 Å². The van der Waals surface area contributed by atoms with Gasteiger partial charge in [-0.05, 0) is 38.1 Å². The number of nitrogens with zero attached hydrogens (tertiary/aromatic N) is 3. The highest BCUT2D eigenvalue weighted by atomic mass is 16.2. The topological polar surface area (TPSA) is 101 Å². The van der Waals surface area contributed by atoms with Gasteiger partial charge < -0.3 is 10.3 Å². The monoisotopic (exact) mass is 385 g/mol. The van der Waals surface area contributed by atoms with Gasteiger partial charge in [0.2, 0.25) is 0 Å². The van der Waals surface area contributed by atoms with Crippen molar-refractivity contribution in [2.45, 2.75) is 19.9 Å². The van der Waals surface area contributed by atoms with E-state index in [0.29, 0.717) is 16.7 Å². The average Bonchev–Trinajstić information content (AvgIpc) is 2.74. The van der Waals surface area contributed by atoms with Crippen molar-refractivity contribution in [3.05, 3.63) is 88.2 Å². The lowest BCUT2D eigenvalue weighted by Crippen LogP contribution is -2.29. The van der Waals surface area contributed by atoms with Crippen LogP contribution < -0.4 is 10.7 Å². The third-order valence-electron chi connectivity index (χ3n) is 4.75. The summed E-state index contributed by atoms with van der Waals surface area (Å²) in [6, 6.07) is 11.8. The fraction of sp³-hybridized carbons (Fsp3) is 0.136. The number of benzene rings is 1. The van der Waals surface area contributed by atoms with Crippen LogP contribution in [0.4, 0.5) is 0 Å². The van der Waals surface area contributed by atoms with Crippen molar-refractivity contribution in [1.29, 1.82) is 0 Å². The number of para-hydroxylation sites is 1. The van der Waals surface area contributed by atoms with Crippen LogP contribution in [0.3, 0.4) is 0 Å². The Morgan fingerprint density at radius 1 is 1.14 bits per heavy atom. The number of carbonyl (C=O) groups is 1. The molecule has 4 aromatic rings. The fourth-order valence-corrected chi connectivity index (χ4v) is 3.21. The molecule has 0 radical (unpaired) electrons. The maximum atomic E-state index is 12.7. The number of aryl methyl sites for hydroxylation is 1. The maximum Gasteiger partial charge on any atom is 0.268 e. The van der Waals surface area contributed by atoms with E-state index in [1.54, 1.807) is 36.8 Å². The lowest BCUT2D eigenvalue weighted by Gasteiger charge is -2.16. The van der Waals surface area contributed by atoms with Gasteiger partial charge in [0.15, 0.2) is 11.3 Å². The van der Waals surface area contributed by atoms with Gasteiger partial charge in [0.1, 0.15) is 5.69 Å². The second kappa shape index (κ2) is 7.63. The summed E-state index contributed by atoms with van der Waals surface area (Å²) in [5, 5.41) is 3.45. The Balaban J connectivity index is 1.57. The van der Waals surface area contributed by atoms with E-state index in [9.17, 15) is 9.59 Å². The molecule has 29 heavy (non-hydrogen) atoms. The predicted molar refractivity (Wildman–Crippen MR) is 110 cm³/mol. The van der Waals surface area contributed by atoms with Crippen LogP contribution in [0.5, 0.6) is 0 Å². The summed E-state index contributed by atoms with van der Waals surface area (Å²) in [7, 11) is 0. The van der Waals surface area contributed by atoms with Gasteiger partial charge in [-0.3, -0.25) is 14.6 Å². The number of pyridine rings is 2. The molecule has 1 aromatic carbocycles. The van der Waals surface area contributed by atoms with Gasteiger partial charge in [-0.2, -0.15) is 0 Å². The Kier molecular flexibility index (Phi) is 4.87. The van der Waals surface area contributed by atoms with Crippen LogP contribution in [0.2, 0.25) is 0 Å². The van der Waals surface area contributed by atoms with Crippen LogP contribution in [-0.2, 0) is 0 Å². The minimum atomic E-state index is -0.363. The zero-order valence-corrected chi connectivity index (χ0v) is 16.0.